The molecule has 0 aromatic heterocycles. The summed E-state index contributed by atoms with van der Waals surface area (Å²) in [5, 5.41) is 14.1. The normalized spacial score (nSPS) is 11.5. The number of carbonyl (C=O) groups is 2. The quantitative estimate of drug-likeness (QED) is 0.239. The second-order valence-corrected chi connectivity index (χ2v) is 9.81. The molecule has 0 aliphatic rings. The van der Waals surface area contributed by atoms with Crippen LogP contribution in [-0.2, 0) is 22.6 Å². The van der Waals surface area contributed by atoms with E-state index in [4.69, 9.17) is 9.47 Å². The predicted octanol–water partition coefficient (Wildman–Crippen LogP) is 4.91. The van der Waals surface area contributed by atoms with Gasteiger partial charge in [-0.15, -0.1) is 0 Å². The van der Waals surface area contributed by atoms with Crippen LogP contribution in [0, 0.1) is 10.1 Å². The van der Waals surface area contributed by atoms with Gasteiger partial charge in [-0.1, -0.05) is 58.4 Å². The fraction of sp³-hybridized carbons (Fsp3) is 0.286. The highest BCUT2D eigenvalue weighted by molar-refractivity contribution is 9.10. The molecule has 0 spiro atoms. The number of amides is 2. The maximum Gasteiger partial charge on any atom is 0.311 e. The second kappa shape index (κ2) is 13.6. The van der Waals surface area contributed by atoms with E-state index in [0.29, 0.717) is 6.42 Å². The molecule has 0 bridgehead atoms. The summed E-state index contributed by atoms with van der Waals surface area (Å²) in [6.07, 6.45) is 0.313. The van der Waals surface area contributed by atoms with Gasteiger partial charge in [-0.05, 0) is 43.2 Å². The Bertz CT molecular complexity index is 1250. The minimum absolute atomic E-state index is 0.0185. The van der Waals surface area contributed by atoms with Crippen molar-refractivity contribution in [2.75, 3.05) is 13.7 Å². The Labute approximate surface area is 230 Å². The summed E-state index contributed by atoms with van der Waals surface area (Å²) in [5.41, 5.74) is 1.54. The first-order chi connectivity index (χ1) is 18.2. The van der Waals surface area contributed by atoms with Gasteiger partial charge in [0.25, 0.3) is 5.91 Å². The number of benzene rings is 3. The predicted molar refractivity (Wildman–Crippen MR) is 147 cm³/mol. The highest BCUT2D eigenvalue weighted by atomic mass is 79.9. The van der Waals surface area contributed by atoms with E-state index in [1.165, 1.54) is 30.2 Å². The van der Waals surface area contributed by atoms with Gasteiger partial charge in [-0.3, -0.25) is 19.7 Å². The molecule has 0 saturated carbocycles. The number of ether oxygens (including phenoxy) is 2. The van der Waals surface area contributed by atoms with Gasteiger partial charge in [0, 0.05) is 35.6 Å². The number of nitro benzene ring substituents is 1. The number of hydrogen-bond acceptors (Lipinski definition) is 6. The third-order valence-corrected chi connectivity index (χ3v) is 6.21. The molecule has 1 unspecified atom stereocenters. The lowest BCUT2D eigenvalue weighted by atomic mass is 10.0. The van der Waals surface area contributed by atoms with E-state index in [-0.39, 0.29) is 42.3 Å². The highest BCUT2D eigenvalue weighted by Crippen LogP contribution is 2.31. The van der Waals surface area contributed by atoms with Crippen molar-refractivity contribution in [2.45, 2.75) is 38.9 Å². The Morgan fingerprint density at radius 1 is 1.03 bits per heavy atom. The lowest BCUT2D eigenvalue weighted by molar-refractivity contribution is -0.385. The topological polar surface area (TPSA) is 111 Å². The number of nitro groups is 1. The molecule has 3 aromatic rings. The van der Waals surface area contributed by atoms with Gasteiger partial charge < -0.3 is 19.7 Å². The van der Waals surface area contributed by atoms with Crippen LogP contribution in [0.1, 0.15) is 25.0 Å². The number of hydrogen-bond donors (Lipinski definition) is 1. The molecule has 1 N–H and O–H groups in total. The van der Waals surface area contributed by atoms with Gasteiger partial charge in [-0.2, -0.15) is 0 Å². The van der Waals surface area contributed by atoms with Crippen LogP contribution in [0.15, 0.2) is 77.3 Å². The highest BCUT2D eigenvalue weighted by Gasteiger charge is 2.31. The monoisotopic (exact) mass is 583 g/mol. The molecular formula is C28H30BrN3O6. The van der Waals surface area contributed by atoms with Crippen LogP contribution in [0.5, 0.6) is 11.5 Å². The first-order valence-electron chi connectivity index (χ1n) is 12.0. The van der Waals surface area contributed by atoms with Gasteiger partial charge in [0.2, 0.25) is 11.7 Å². The molecule has 0 saturated heterocycles. The van der Waals surface area contributed by atoms with Crippen LogP contribution in [0.3, 0.4) is 0 Å². The van der Waals surface area contributed by atoms with E-state index >= 15 is 0 Å². The van der Waals surface area contributed by atoms with Crippen molar-refractivity contribution in [1.82, 2.24) is 10.2 Å². The van der Waals surface area contributed by atoms with E-state index in [0.717, 1.165) is 15.6 Å². The van der Waals surface area contributed by atoms with Crippen molar-refractivity contribution >= 4 is 33.4 Å². The van der Waals surface area contributed by atoms with E-state index < -0.39 is 16.9 Å². The number of nitrogens with one attached hydrogen (secondary N) is 1. The maximum absolute atomic E-state index is 13.6. The van der Waals surface area contributed by atoms with Crippen molar-refractivity contribution in [2.24, 2.45) is 0 Å². The van der Waals surface area contributed by atoms with Gasteiger partial charge in [0.1, 0.15) is 11.8 Å². The Hall–Kier alpha value is -3.92. The molecule has 1 atom stereocenters. The fourth-order valence-electron chi connectivity index (χ4n) is 3.85. The third-order valence-electron chi connectivity index (χ3n) is 5.68. The van der Waals surface area contributed by atoms with Crippen molar-refractivity contribution < 1.29 is 24.0 Å². The number of nitrogens with zero attached hydrogens (tertiary/aromatic N) is 2. The Balaban J connectivity index is 1.90. The van der Waals surface area contributed by atoms with Crippen molar-refractivity contribution in [3.05, 3.63) is 98.5 Å². The van der Waals surface area contributed by atoms with Crippen LogP contribution < -0.4 is 14.8 Å². The zero-order valence-corrected chi connectivity index (χ0v) is 23.0. The van der Waals surface area contributed by atoms with Crippen LogP contribution in [0.25, 0.3) is 0 Å². The molecule has 3 aromatic carbocycles. The lowest BCUT2D eigenvalue weighted by Gasteiger charge is -2.32. The van der Waals surface area contributed by atoms with Gasteiger partial charge in [-0.25, -0.2) is 0 Å². The van der Waals surface area contributed by atoms with E-state index in [1.807, 2.05) is 68.4 Å². The summed E-state index contributed by atoms with van der Waals surface area (Å²) in [6.45, 7) is 3.53. The van der Waals surface area contributed by atoms with E-state index in [1.54, 1.807) is 0 Å². The lowest BCUT2D eigenvalue weighted by Crippen LogP contribution is -2.52. The SMILES string of the molecule is COc1cc(OCC(=O)N(Cc2ccc(Br)cc2)C(Cc2ccccc2)C(=O)NC(C)C)ccc1[N+](=O)[O-]. The van der Waals surface area contributed by atoms with Gasteiger partial charge >= 0.3 is 5.69 Å². The standard InChI is InChI=1S/C28H30BrN3O6/c1-19(2)30-28(34)25(15-20-7-5-4-6-8-20)31(17-21-9-11-22(29)12-10-21)27(33)18-38-23-13-14-24(32(35)36)26(16-23)37-3/h4-14,16,19,25H,15,17-18H2,1-3H3,(H,30,34). The van der Waals surface area contributed by atoms with Crippen LogP contribution in [0.4, 0.5) is 5.69 Å². The molecule has 0 aliphatic carbocycles. The molecule has 10 heteroatoms. The number of halogens is 1. The maximum atomic E-state index is 13.6. The molecule has 0 fully saturated rings. The molecule has 2 amide bonds. The molecule has 0 aliphatic heterocycles. The summed E-state index contributed by atoms with van der Waals surface area (Å²) in [6, 6.07) is 20.1. The average Bonchev–Trinajstić information content (AvgIpc) is 2.90. The Kier molecular flexibility index (Phi) is 10.2. The van der Waals surface area contributed by atoms with Crippen LogP contribution in [0.2, 0.25) is 0 Å². The third kappa shape index (κ3) is 8.04. The first kappa shape index (κ1) is 28.6. The average molecular weight is 584 g/mol. The van der Waals surface area contributed by atoms with Crippen LogP contribution >= 0.6 is 15.9 Å². The van der Waals surface area contributed by atoms with Gasteiger partial charge in [0.05, 0.1) is 12.0 Å². The second-order valence-electron chi connectivity index (χ2n) is 8.90. The molecule has 3 rings (SSSR count). The molecule has 0 radical (unpaired) electrons. The zero-order chi connectivity index (χ0) is 27.7. The van der Waals surface area contributed by atoms with Crippen molar-refractivity contribution in [3.8, 4) is 11.5 Å². The molecule has 9 nitrogen and oxygen atoms in total. The minimum Gasteiger partial charge on any atom is -0.490 e. The minimum atomic E-state index is -0.800. The van der Waals surface area contributed by atoms with Gasteiger partial charge in [0.15, 0.2) is 6.61 Å². The Morgan fingerprint density at radius 2 is 1.71 bits per heavy atom. The van der Waals surface area contributed by atoms with Crippen molar-refractivity contribution in [1.29, 1.82) is 0 Å². The molecular weight excluding hydrogens is 554 g/mol. The first-order valence-corrected chi connectivity index (χ1v) is 12.8. The fourth-order valence-corrected chi connectivity index (χ4v) is 4.11. The van der Waals surface area contributed by atoms with Crippen molar-refractivity contribution in [3.63, 3.8) is 0 Å². The largest absolute Gasteiger partial charge is 0.490 e. The molecule has 38 heavy (non-hydrogen) atoms. The summed E-state index contributed by atoms with van der Waals surface area (Å²) in [4.78, 5) is 39.1. The van der Waals surface area contributed by atoms with Crippen LogP contribution in [-0.4, -0.2) is 47.4 Å². The number of carbonyl (C=O) groups excluding carboxylic acids is 2. The summed E-state index contributed by atoms with van der Waals surface area (Å²) >= 11 is 3.42. The molecule has 0 heterocycles. The molecule has 200 valence electrons. The zero-order valence-electron chi connectivity index (χ0n) is 21.4. The smallest absolute Gasteiger partial charge is 0.311 e. The summed E-state index contributed by atoms with van der Waals surface area (Å²) < 4.78 is 11.7. The number of rotatable bonds is 12. The Morgan fingerprint density at radius 3 is 2.32 bits per heavy atom. The summed E-state index contributed by atoms with van der Waals surface area (Å²) in [7, 11) is 1.32. The summed E-state index contributed by atoms with van der Waals surface area (Å²) in [5.74, 6) is -0.433. The number of methoxy groups -OCH3 is 1. The van der Waals surface area contributed by atoms with E-state index in [2.05, 4.69) is 21.2 Å². The van der Waals surface area contributed by atoms with E-state index in [9.17, 15) is 19.7 Å².